The van der Waals surface area contributed by atoms with Gasteiger partial charge in [-0.25, -0.2) is 0 Å². The van der Waals surface area contributed by atoms with Crippen LogP contribution in [0.1, 0.15) is 14.5 Å². The molecule has 2 nitrogen and oxygen atoms in total. The molecular formula is C10H10O2S2. The van der Waals surface area contributed by atoms with Crippen molar-refractivity contribution in [3.8, 4) is 0 Å². The molecular weight excluding hydrogens is 216 g/mol. The van der Waals surface area contributed by atoms with E-state index in [-0.39, 0.29) is 6.61 Å². The lowest BCUT2D eigenvalue weighted by molar-refractivity contribution is 0.112. The molecule has 0 aliphatic heterocycles. The molecule has 0 radical (unpaired) electrons. The van der Waals surface area contributed by atoms with Crippen LogP contribution in [0.15, 0.2) is 35.0 Å². The number of rotatable bonds is 2. The van der Waals surface area contributed by atoms with Gasteiger partial charge in [-0.1, -0.05) is 12.1 Å². The highest BCUT2D eigenvalue weighted by Gasteiger charge is 1.84. The van der Waals surface area contributed by atoms with Crippen LogP contribution >= 0.6 is 22.7 Å². The summed E-state index contributed by atoms with van der Waals surface area (Å²) in [5, 5.41) is 12.3. The predicted octanol–water partition coefficient (Wildman–Crippen LogP) is 2.80. The van der Waals surface area contributed by atoms with E-state index in [2.05, 4.69) is 0 Å². The second-order valence-electron chi connectivity index (χ2n) is 2.37. The fourth-order valence-corrected chi connectivity index (χ4v) is 1.85. The summed E-state index contributed by atoms with van der Waals surface area (Å²) in [5.41, 5.74) is 0. The zero-order valence-corrected chi connectivity index (χ0v) is 9.05. The third-order valence-electron chi connectivity index (χ3n) is 1.40. The molecule has 0 aromatic carbocycles. The quantitative estimate of drug-likeness (QED) is 0.799. The van der Waals surface area contributed by atoms with Crippen LogP contribution in [0.3, 0.4) is 0 Å². The average Bonchev–Trinajstić information content (AvgIpc) is 2.92. The van der Waals surface area contributed by atoms with Crippen molar-refractivity contribution in [2.45, 2.75) is 6.61 Å². The zero-order chi connectivity index (χ0) is 10.2. The fraction of sp³-hybridized carbons (Fsp3) is 0.100. The summed E-state index contributed by atoms with van der Waals surface area (Å²) in [5.74, 6) is 0. The molecule has 74 valence electrons. The van der Waals surface area contributed by atoms with Crippen LogP contribution in [0, 0.1) is 0 Å². The molecule has 0 unspecified atom stereocenters. The number of aliphatic hydroxyl groups excluding tert-OH is 1. The summed E-state index contributed by atoms with van der Waals surface area (Å²) in [4.78, 5) is 11.7. The first-order valence-corrected chi connectivity index (χ1v) is 5.74. The third kappa shape index (κ3) is 3.83. The molecule has 14 heavy (non-hydrogen) atoms. The molecule has 0 aliphatic rings. The van der Waals surface area contributed by atoms with Crippen LogP contribution in [0.2, 0.25) is 0 Å². The van der Waals surface area contributed by atoms with Gasteiger partial charge in [0.2, 0.25) is 0 Å². The summed E-state index contributed by atoms with van der Waals surface area (Å²) < 4.78 is 0. The number of aldehydes is 1. The summed E-state index contributed by atoms with van der Waals surface area (Å²) in [7, 11) is 0. The predicted molar refractivity (Wildman–Crippen MR) is 59.9 cm³/mol. The van der Waals surface area contributed by atoms with E-state index in [1.165, 1.54) is 11.3 Å². The van der Waals surface area contributed by atoms with Crippen molar-refractivity contribution in [1.29, 1.82) is 0 Å². The van der Waals surface area contributed by atoms with E-state index >= 15 is 0 Å². The van der Waals surface area contributed by atoms with Crippen molar-refractivity contribution in [1.82, 2.24) is 0 Å². The second-order valence-corrected chi connectivity index (χ2v) is 4.38. The van der Waals surface area contributed by atoms with Crippen molar-refractivity contribution in [3.63, 3.8) is 0 Å². The van der Waals surface area contributed by atoms with E-state index in [9.17, 15) is 4.79 Å². The van der Waals surface area contributed by atoms with Gasteiger partial charge in [-0.15, -0.1) is 22.7 Å². The Balaban J connectivity index is 0.000000140. The molecule has 2 rings (SSSR count). The van der Waals surface area contributed by atoms with Crippen LogP contribution in [0.5, 0.6) is 0 Å². The van der Waals surface area contributed by atoms with Gasteiger partial charge in [0.05, 0.1) is 11.5 Å². The molecule has 0 saturated heterocycles. The second kappa shape index (κ2) is 6.48. The maximum absolute atomic E-state index is 9.88. The lowest BCUT2D eigenvalue weighted by Gasteiger charge is -1.78. The lowest BCUT2D eigenvalue weighted by Crippen LogP contribution is -1.69. The van der Waals surface area contributed by atoms with Gasteiger partial charge < -0.3 is 5.11 Å². The Morgan fingerprint density at radius 1 is 1.21 bits per heavy atom. The summed E-state index contributed by atoms with van der Waals surface area (Å²) in [6.07, 6.45) is 0.852. The number of hydrogen-bond acceptors (Lipinski definition) is 4. The molecule has 0 fully saturated rings. The molecule has 0 saturated carbocycles. The number of aliphatic hydroxyl groups is 1. The van der Waals surface area contributed by atoms with Crippen molar-refractivity contribution < 1.29 is 9.90 Å². The minimum atomic E-state index is 0.178. The van der Waals surface area contributed by atoms with Gasteiger partial charge in [0, 0.05) is 4.88 Å². The van der Waals surface area contributed by atoms with Gasteiger partial charge in [-0.2, -0.15) is 0 Å². The van der Waals surface area contributed by atoms with Gasteiger partial charge in [0.1, 0.15) is 0 Å². The molecule has 0 atom stereocenters. The molecule has 2 aromatic rings. The third-order valence-corrected chi connectivity index (χ3v) is 3.05. The normalized spacial score (nSPS) is 8.93. The van der Waals surface area contributed by atoms with Gasteiger partial charge in [0.15, 0.2) is 6.29 Å². The van der Waals surface area contributed by atoms with Crippen LogP contribution in [-0.4, -0.2) is 11.4 Å². The highest BCUT2D eigenvalue weighted by molar-refractivity contribution is 7.11. The van der Waals surface area contributed by atoms with Crippen LogP contribution < -0.4 is 0 Å². The number of carbonyl (C=O) groups is 1. The molecule has 4 heteroatoms. The fourth-order valence-electron chi connectivity index (χ4n) is 0.761. The van der Waals surface area contributed by atoms with E-state index in [1.54, 1.807) is 17.4 Å². The van der Waals surface area contributed by atoms with Crippen molar-refractivity contribution >= 4 is 29.0 Å². The van der Waals surface area contributed by atoms with E-state index in [0.29, 0.717) is 0 Å². The maximum Gasteiger partial charge on any atom is 0.159 e. The van der Waals surface area contributed by atoms with Crippen molar-refractivity contribution in [2.75, 3.05) is 0 Å². The largest absolute Gasteiger partial charge is 0.391 e. The Hall–Kier alpha value is -0.970. The van der Waals surface area contributed by atoms with E-state index in [4.69, 9.17) is 5.11 Å². The van der Waals surface area contributed by atoms with E-state index < -0.39 is 0 Å². The minimum absolute atomic E-state index is 0.178. The van der Waals surface area contributed by atoms with Gasteiger partial charge >= 0.3 is 0 Å². The average molecular weight is 226 g/mol. The summed E-state index contributed by atoms with van der Waals surface area (Å²) >= 11 is 3.03. The van der Waals surface area contributed by atoms with Crippen LogP contribution in [0.4, 0.5) is 0 Å². The topological polar surface area (TPSA) is 37.3 Å². The lowest BCUT2D eigenvalue weighted by atomic mass is 10.5. The zero-order valence-electron chi connectivity index (χ0n) is 7.42. The Morgan fingerprint density at radius 3 is 2.21 bits per heavy atom. The smallest absolute Gasteiger partial charge is 0.159 e. The number of carbonyl (C=O) groups excluding carboxylic acids is 1. The Morgan fingerprint density at radius 2 is 1.93 bits per heavy atom. The highest BCUT2D eigenvalue weighted by Crippen LogP contribution is 2.06. The number of hydrogen-bond donors (Lipinski definition) is 1. The van der Waals surface area contributed by atoms with Crippen molar-refractivity contribution in [2.24, 2.45) is 0 Å². The number of thiophene rings is 2. The SMILES string of the molecule is O=Cc1cccs1.OCc1cccs1. The van der Waals surface area contributed by atoms with Gasteiger partial charge in [-0.3, -0.25) is 4.79 Å². The van der Waals surface area contributed by atoms with Gasteiger partial charge in [0.25, 0.3) is 0 Å². The standard InChI is InChI=1S/C5H6OS.C5H4OS/c2*6-4-5-2-1-3-7-5/h1-3,6H,4H2;1-4H. The monoisotopic (exact) mass is 226 g/mol. The first-order chi connectivity index (χ1) is 6.86. The molecule has 0 amide bonds. The van der Waals surface area contributed by atoms with E-state index in [1.807, 2.05) is 29.0 Å². The summed E-state index contributed by atoms with van der Waals surface area (Å²) in [6, 6.07) is 7.48. The Kier molecular flexibility index (Phi) is 5.14. The van der Waals surface area contributed by atoms with Crippen LogP contribution in [-0.2, 0) is 6.61 Å². The van der Waals surface area contributed by atoms with Crippen LogP contribution in [0.25, 0.3) is 0 Å². The molecule has 2 aromatic heterocycles. The minimum Gasteiger partial charge on any atom is -0.391 e. The Bertz CT molecular complexity index is 338. The highest BCUT2D eigenvalue weighted by atomic mass is 32.1. The molecule has 2 heterocycles. The summed E-state index contributed by atoms with van der Waals surface area (Å²) in [6.45, 7) is 0.178. The first kappa shape index (κ1) is 11.1. The molecule has 1 N–H and O–H groups in total. The van der Waals surface area contributed by atoms with Crippen molar-refractivity contribution in [3.05, 3.63) is 44.8 Å². The van der Waals surface area contributed by atoms with Gasteiger partial charge in [-0.05, 0) is 22.9 Å². The van der Waals surface area contributed by atoms with E-state index in [0.717, 1.165) is 16.0 Å². The maximum atomic E-state index is 9.88. The molecule has 0 spiro atoms. The Labute approximate surface area is 90.5 Å². The molecule has 0 aliphatic carbocycles. The first-order valence-electron chi connectivity index (χ1n) is 3.98. The molecule has 0 bridgehead atoms.